The molecule has 0 aliphatic rings. The molecule has 0 aromatic heterocycles. The smallest absolute Gasteiger partial charge is 0.161 e. The molecule has 1 unspecified atom stereocenters. The van der Waals surface area contributed by atoms with Crippen LogP contribution in [0.5, 0.6) is 0 Å². The zero-order valence-electron chi connectivity index (χ0n) is 9.28. The summed E-state index contributed by atoms with van der Waals surface area (Å²) in [7, 11) is 0. The monoisotopic (exact) mass is 207 g/mol. The van der Waals surface area contributed by atoms with E-state index in [1.165, 1.54) is 5.56 Å². The minimum Gasteiger partial charge on any atom is -0.409 e. The Bertz CT molecular complexity index is 374. The molecule has 82 valence electrons. The highest BCUT2D eigenvalue weighted by Gasteiger charge is 2.08. The first-order chi connectivity index (χ1) is 7.04. The Morgan fingerprint density at radius 1 is 1.47 bits per heavy atom. The molecule has 1 rings (SSSR count). The van der Waals surface area contributed by atoms with Gasteiger partial charge in [0.1, 0.15) is 0 Å². The first kappa shape index (κ1) is 11.4. The van der Waals surface area contributed by atoms with Crippen LogP contribution in [0.15, 0.2) is 23.4 Å². The Balaban J connectivity index is 2.85. The number of nitrogens with one attached hydrogen (secondary N) is 1. The number of aryl methyl sites for hydroxylation is 2. The SMILES string of the molecule is Cc1ccc(C)c(NC(C)C(N)=NO)c1. The molecule has 4 heteroatoms. The molecule has 0 radical (unpaired) electrons. The minimum atomic E-state index is -0.185. The number of amidine groups is 1. The van der Waals surface area contributed by atoms with Gasteiger partial charge in [-0.15, -0.1) is 0 Å². The van der Waals surface area contributed by atoms with Gasteiger partial charge in [0, 0.05) is 5.69 Å². The second-order valence-electron chi connectivity index (χ2n) is 3.71. The molecule has 15 heavy (non-hydrogen) atoms. The summed E-state index contributed by atoms with van der Waals surface area (Å²) in [4.78, 5) is 0. The first-order valence-electron chi connectivity index (χ1n) is 4.86. The van der Waals surface area contributed by atoms with Gasteiger partial charge in [0.15, 0.2) is 5.84 Å². The summed E-state index contributed by atoms with van der Waals surface area (Å²) >= 11 is 0. The standard InChI is InChI=1S/C11H17N3O/c1-7-4-5-8(2)10(6-7)13-9(3)11(12)14-15/h4-6,9,13,15H,1-3H3,(H2,12,14). The molecule has 0 saturated heterocycles. The Hall–Kier alpha value is -1.71. The predicted molar refractivity (Wildman–Crippen MR) is 62.4 cm³/mol. The van der Waals surface area contributed by atoms with E-state index < -0.39 is 0 Å². The maximum absolute atomic E-state index is 8.53. The van der Waals surface area contributed by atoms with Crippen LogP contribution < -0.4 is 11.1 Å². The molecule has 1 aromatic carbocycles. The summed E-state index contributed by atoms with van der Waals surface area (Å²) in [6, 6.07) is 5.94. The van der Waals surface area contributed by atoms with Crippen molar-refractivity contribution < 1.29 is 5.21 Å². The topological polar surface area (TPSA) is 70.6 Å². The highest BCUT2D eigenvalue weighted by molar-refractivity contribution is 5.87. The number of hydrogen-bond acceptors (Lipinski definition) is 3. The van der Waals surface area contributed by atoms with E-state index in [0.717, 1.165) is 11.3 Å². The van der Waals surface area contributed by atoms with Crippen LogP contribution >= 0.6 is 0 Å². The van der Waals surface area contributed by atoms with Crippen molar-refractivity contribution in [1.29, 1.82) is 0 Å². The van der Waals surface area contributed by atoms with E-state index >= 15 is 0 Å². The summed E-state index contributed by atoms with van der Waals surface area (Å²) in [5, 5.41) is 14.7. The van der Waals surface area contributed by atoms with Crippen LogP contribution in [0, 0.1) is 13.8 Å². The average molecular weight is 207 g/mol. The summed E-state index contributed by atoms with van der Waals surface area (Å²) in [6.45, 7) is 5.89. The first-order valence-corrected chi connectivity index (χ1v) is 4.86. The Morgan fingerprint density at radius 3 is 2.73 bits per heavy atom. The maximum atomic E-state index is 8.53. The van der Waals surface area contributed by atoms with Crippen molar-refractivity contribution in [2.45, 2.75) is 26.8 Å². The molecule has 1 aromatic rings. The van der Waals surface area contributed by atoms with Crippen LogP contribution in [0.25, 0.3) is 0 Å². The van der Waals surface area contributed by atoms with E-state index in [1.54, 1.807) is 0 Å². The quantitative estimate of drug-likeness (QED) is 0.306. The zero-order chi connectivity index (χ0) is 11.4. The van der Waals surface area contributed by atoms with Gasteiger partial charge >= 0.3 is 0 Å². The summed E-state index contributed by atoms with van der Waals surface area (Å²) in [5.74, 6) is 0.177. The third-order valence-electron chi connectivity index (χ3n) is 2.32. The van der Waals surface area contributed by atoms with Crippen LogP contribution in [0.1, 0.15) is 18.1 Å². The number of anilines is 1. The summed E-state index contributed by atoms with van der Waals surface area (Å²) < 4.78 is 0. The fourth-order valence-electron chi connectivity index (χ4n) is 1.29. The van der Waals surface area contributed by atoms with Gasteiger partial charge < -0.3 is 16.3 Å². The predicted octanol–water partition coefficient (Wildman–Crippen LogP) is 1.85. The lowest BCUT2D eigenvalue weighted by atomic mass is 10.1. The van der Waals surface area contributed by atoms with Crippen molar-refractivity contribution in [2.75, 3.05) is 5.32 Å². The molecular formula is C11H17N3O. The number of hydrogen-bond donors (Lipinski definition) is 3. The van der Waals surface area contributed by atoms with Gasteiger partial charge in [-0.2, -0.15) is 0 Å². The molecule has 4 nitrogen and oxygen atoms in total. The molecule has 4 N–H and O–H groups in total. The van der Waals surface area contributed by atoms with E-state index in [4.69, 9.17) is 10.9 Å². The Labute approximate surface area is 89.8 Å². The highest BCUT2D eigenvalue weighted by Crippen LogP contribution is 2.17. The number of nitrogens with two attached hydrogens (primary N) is 1. The number of rotatable bonds is 3. The average Bonchev–Trinajstić information content (AvgIpc) is 2.22. The van der Waals surface area contributed by atoms with Crippen LogP contribution in [0.2, 0.25) is 0 Å². The van der Waals surface area contributed by atoms with Crippen LogP contribution in [-0.4, -0.2) is 17.1 Å². The van der Waals surface area contributed by atoms with E-state index in [1.807, 2.05) is 32.9 Å². The van der Waals surface area contributed by atoms with Gasteiger partial charge in [0.25, 0.3) is 0 Å². The van der Waals surface area contributed by atoms with Crippen LogP contribution in [0.4, 0.5) is 5.69 Å². The largest absolute Gasteiger partial charge is 0.409 e. The van der Waals surface area contributed by atoms with Gasteiger partial charge in [-0.1, -0.05) is 17.3 Å². The van der Waals surface area contributed by atoms with Gasteiger partial charge in [-0.25, -0.2) is 0 Å². The molecule has 0 aliphatic carbocycles. The minimum absolute atomic E-state index is 0.177. The van der Waals surface area contributed by atoms with E-state index in [2.05, 4.69) is 16.5 Å². The van der Waals surface area contributed by atoms with Crippen LogP contribution in [0.3, 0.4) is 0 Å². The fourth-order valence-corrected chi connectivity index (χ4v) is 1.29. The van der Waals surface area contributed by atoms with Gasteiger partial charge in [-0.05, 0) is 38.0 Å². The third kappa shape index (κ3) is 2.87. The van der Waals surface area contributed by atoms with Crippen molar-refractivity contribution in [3.05, 3.63) is 29.3 Å². The molecule has 0 fully saturated rings. The lowest BCUT2D eigenvalue weighted by Crippen LogP contribution is -2.33. The molecule has 0 bridgehead atoms. The second kappa shape index (κ2) is 4.68. The van der Waals surface area contributed by atoms with E-state index in [-0.39, 0.29) is 11.9 Å². The van der Waals surface area contributed by atoms with Crippen molar-refractivity contribution in [1.82, 2.24) is 0 Å². The number of oxime groups is 1. The molecule has 0 heterocycles. The molecular weight excluding hydrogens is 190 g/mol. The van der Waals surface area contributed by atoms with E-state index in [0.29, 0.717) is 0 Å². The maximum Gasteiger partial charge on any atom is 0.161 e. The summed E-state index contributed by atoms with van der Waals surface area (Å²) in [5.41, 5.74) is 8.81. The van der Waals surface area contributed by atoms with Gasteiger partial charge in [0.2, 0.25) is 0 Å². The van der Waals surface area contributed by atoms with Gasteiger partial charge in [-0.3, -0.25) is 0 Å². The third-order valence-corrected chi connectivity index (χ3v) is 2.32. The molecule has 0 aliphatic heterocycles. The fraction of sp³-hybridized carbons (Fsp3) is 0.364. The number of nitrogens with zero attached hydrogens (tertiary/aromatic N) is 1. The molecule has 1 atom stereocenters. The Kier molecular flexibility index (Phi) is 3.55. The zero-order valence-corrected chi connectivity index (χ0v) is 9.28. The van der Waals surface area contributed by atoms with E-state index in [9.17, 15) is 0 Å². The summed E-state index contributed by atoms with van der Waals surface area (Å²) in [6.07, 6.45) is 0. The second-order valence-corrected chi connectivity index (χ2v) is 3.71. The van der Waals surface area contributed by atoms with Crippen molar-refractivity contribution in [3.63, 3.8) is 0 Å². The van der Waals surface area contributed by atoms with Crippen molar-refractivity contribution in [3.8, 4) is 0 Å². The lowest BCUT2D eigenvalue weighted by Gasteiger charge is -2.16. The number of benzene rings is 1. The molecule has 0 spiro atoms. The lowest BCUT2D eigenvalue weighted by molar-refractivity contribution is 0.316. The molecule has 0 saturated carbocycles. The molecule has 0 amide bonds. The van der Waals surface area contributed by atoms with Crippen LogP contribution in [-0.2, 0) is 0 Å². The van der Waals surface area contributed by atoms with Crippen molar-refractivity contribution in [2.24, 2.45) is 10.9 Å². The normalized spacial score (nSPS) is 13.7. The van der Waals surface area contributed by atoms with Crippen molar-refractivity contribution >= 4 is 11.5 Å². The Morgan fingerprint density at radius 2 is 2.13 bits per heavy atom. The highest BCUT2D eigenvalue weighted by atomic mass is 16.4. The van der Waals surface area contributed by atoms with Gasteiger partial charge in [0.05, 0.1) is 6.04 Å².